The molecule has 0 aliphatic carbocycles. The van der Waals surface area contributed by atoms with Gasteiger partial charge in [-0.05, 0) is 36.4 Å². The van der Waals surface area contributed by atoms with E-state index in [1.807, 2.05) is 11.4 Å². The Hall–Kier alpha value is -1.22. The van der Waals surface area contributed by atoms with Crippen LogP contribution in [-0.4, -0.2) is 31.7 Å². The van der Waals surface area contributed by atoms with E-state index in [1.165, 1.54) is 22.7 Å². The molecule has 8 heteroatoms. The van der Waals surface area contributed by atoms with Crippen LogP contribution in [0.25, 0.3) is 0 Å². The molecule has 1 fully saturated rings. The zero-order chi connectivity index (χ0) is 17.0. The van der Waals surface area contributed by atoms with Crippen molar-refractivity contribution < 1.29 is 13.2 Å². The Kier molecular flexibility index (Phi) is 5.70. The van der Waals surface area contributed by atoms with Gasteiger partial charge in [-0.15, -0.1) is 22.7 Å². The number of carbonyl (C=O) groups is 1. The van der Waals surface area contributed by atoms with Crippen LogP contribution in [0.5, 0.6) is 0 Å². The zero-order valence-corrected chi connectivity index (χ0v) is 15.7. The van der Waals surface area contributed by atoms with Crippen molar-refractivity contribution in [2.24, 2.45) is 0 Å². The van der Waals surface area contributed by atoms with Gasteiger partial charge in [-0.1, -0.05) is 18.9 Å². The predicted molar refractivity (Wildman–Crippen MR) is 97.0 cm³/mol. The smallest absolute Gasteiger partial charge is 0.261 e. The van der Waals surface area contributed by atoms with E-state index in [9.17, 15) is 13.2 Å². The molecule has 3 rings (SSSR count). The molecular formula is C16H20N2O3S3. The maximum atomic E-state index is 12.7. The van der Waals surface area contributed by atoms with Gasteiger partial charge < -0.3 is 5.32 Å². The van der Waals surface area contributed by atoms with Crippen molar-refractivity contribution in [3.63, 3.8) is 0 Å². The van der Waals surface area contributed by atoms with Gasteiger partial charge in [-0.2, -0.15) is 4.31 Å². The normalized spacial score (nSPS) is 16.7. The summed E-state index contributed by atoms with van der Waals surface area (Å²) in [5.74, 6) is -0.129. The van der Waals surface area contributed by atoms with Crippen LogP contribution in [-0.2, 0) is 16.6 Å². The number of carbonyl (C=O) groups excluding carboxylic acids is 1. The third-order valence-corrected chi connectivity index (χ3v) is 8.28. The summed E-state index contributed by atoms with van der Waals surface area (Å²) in [5, 5.41) is 4.68. The number of hydrogen-bond acceptors (Lipinski definition) is 5. The second-order valence-corrected chi connectivity index (χ2v) is 9.98. The monoisotopic (exact) mass is 384 g/mol. The van der Waals surface area contributed by atoms with Gasteiger partial charge in [-0.25, -0.2) is 8.42 Å². The van der Waals surface area contributed by atoms with E-state index in [0.29, 0.717) is 28.7 Å². The molecular weight excluding hydrogens is 364 g/mol. The molecule has 1 aliphatic rings. The van der Waals surface area contributed by atoms with Crippen molar-refractivity contribution in [1.82, 2.24) is 9.62 Å². The van der Waals surface area contributed by atoms with Crippen molar-refractivity contribution in [3.8, 4) is 0 Å². The Morgan fingerprint density at radius 3 is 2.54 bits per heavy atom. The molecule has 0 saturated carbocycles. The van der Waals surface area contributed by atoms with Crippen molar-refractivity contribution in [1.29, 1.82) is 0 Å². The van der Waals surface area contributed by atoms with E-state index in [2.05, 4.69) is 5.32 Å². The van der Waals surface area contributed by atoms with Gasteiger partial charge in [0.2, 0.25) is 0 Å². The molecule has 5 nitrogen and oxygen atoms in total. The van der Waals surface area contributed by atoms with Crippen LogP contribution in [0, 0.1) is 0 Å². The summed E-state index contributed by atoms with van der Waals surface area (Å²) in [6.07, 6.45) is 4.04. The molecule has 2 aromatic heterocycles. The fraction of sp³-hybridized carbons (Fsp3) is 0.438. The second-order valence-electron chi connectivity index (χ2n) is 5.70. The Labute approximate surface area is 150 Å². The number of nitrogens with zero attached hydrogens (tertiary/aromatic N) is 1. The van der Waals surface area contributed by atoms with E-state index in [-0.39, 0.29) is 5.91 Å². The lowest BCUT2D eigenvalue weighted by Gasteiger charge is -2.18. The van der Waals surface area contributed by atoms with Gasteiger partial charge >= 0.3 is 0 Å². The molecule has 0 atom stereocenters. The molecule has 1 aliphatic heterocycles. The summed E-state index contributed by atoms with van der Waals surface area (Å²) in [6.45, 7) is 1.55. The average molecular weight is 385 g/mol. The molecule has 24 heavy (non-hydrogen) atoms. The third-order valence-electron chi connectivity index (χ3n) is 3.96. The summed E-state index contributed by atoms with van der Waals surface area (Å²) in [7, 11) is -3.41. The minimum absolute atomic E-state index is 0.129. The van der Waals surface area contributed by atoms with Gasteiger partial charge in [0, 0.05) is 18.0 Å². The van der Waals surface area contributed by atoms with Crippen molar-refractivity contribution in [2.75, 3.05) is 13.1 Å². The van der Waals surface area contributed by atoms with Crippen LogP contribution in [0.1, 0.15) is 40.2 Å². The largest absolute Gasteiger partial charge is 0.346 e. The van der Waals surface area contributed by atoms with E-state index in [1.54, 1.807) is 22.5 Å². The number of nitrogens with one attached hydrogen (secondary N) is 1. The van der Waals surface area contributed by atoms with Crippen LogP contribution in [0.3, 0.4) is 0 Å². The number of thiophene rings is 2. The lowest BCUT2D eigenvalue weighted by molar-refractivity contribution is 0.0955. The molecule has 1 saturated heterocycles. The minimum atomic E-state index is -3.41. The SMILES string of the molecule is O=C(NCc1ccc(S(=O)(=O)N2CCCCCC2)s1)c1cccs1. The molecule has 0 aromatic carbocycles. The van der Waals surface area contributed by atoms with Crippen LogP contribution < -0.4 is 5.32 Å². The first-order valence-electron chi connectivity index (χ1n) is 7.98. The molecule has 0 unspecified atom stereocenters. The summed E-state index contributed by atoms with van der Waals surface area (Å²) < 4.78 is 27.4. The number of rotatable bonds is 5. The highest BCUT2D eigenvalue weighted by Gasteiger charge is 2.26. The Morgan fingerprint density at radius 1 is 1.12 bits per heavy atom. The van der Waals surface area contributed by atoms with Crippen LogP contribution in [0.2, 0.25) is 0 Å². The van der Waals surface area contributed by atoms with Crippen molar-refractivity contribution in [3.05, 3.63) is 39.4 Å². The fourth-order valence-corrected chi connectivity index (χ4v) is 6.27. The highest BCUT2D eigenvalue weighted by atomic mass is 32.2. The van der Waals surface area contributed by atoms with E-state index in [0.717, 1.165) is 30.6 Å². The molecule has 3 heterocycles. The predicted octanol–water partition coefficient (Wildman–Crippen LogP) is 3.30. The molecule has 1 N–H and O–H groups in total. The number of sulfonamides is 1. The number of hydrogen-bond donors (Lipinski definition) is 1. The zero-order valence-electron chi connectivity index (χ0n) is 13.2. The Bertz CT molecular complexity index is 773. The van der Waals surface area contributed by atoms with Crippen molar-refractivity contribution in [2.45, 2.75) is 36.4 Å². The Balaban J connectivity index is 1.65. The fourth-order valence-electron chi connectivity index (χ4n) is 2.66. The molecule has 0 bridgehead atoms. The average Bonchev–Trinajstić information content (AvgIpc) is 3.19. The third kappa shape index (κ3) is 4.05. The molecule has 1 amide bonds. The van der Waals surface area contributed by atoms with Crippen molar-refractivity contribution >= 4 is 38.6 Å². The lowest BCUT2D eigenvalue weighted by atomic mass is 10.2. The van der Waals surface area contributed by atoms with Crippen LogP contribution in [0.4, 0.5) is 0 Å². The first kappa shape index (κ1) is 17.6. The molecule has 2 aromatic rings. The highest BCUT2D eigenvalue weighted by molar-refractivity contribution is 7.91. The van der Waals surface area contributed by atoms with E-state index in [4.69, 9.17) is 0 Å². The van der Waals surface area contributed by atoms with Gasteiger partial charge in [0.1, 0.15) is 4.21 Å². The first-order chi connectivity index (χ1) is 11.6. The molecule has 0 radical (unpaired) electrons. The standard InChI is InChI=1S/C16H20N2O3S3/c19-16(14-6-5-11-22-14)17-12-13-7-8-15(23-13)24(20,21)18-9-3-1-2-4-10-18/h5-8,11H,1-4,9-10,12H2,(H,17,19). The summed E-state index contributed by atoms with van der Waals surface area (Å²) in [6, 6.07) is 7.03. The Morgan fingerprint density at radius 2 is 1.88 bits per heavy atom. The van der Waals surface area contributed by atoms with Gasteiger partial charge in [0.25, 0.3) is 15.9 Å². The second kappa shape index (κ2) is 7.77. The summed E-state index contributed by atoms with van der Waals surface area (Å²) in [5.41, 5.74) is 0. The number of amides is 1. The van der Waals surface area contributed by atoms with E-state index >= 15 is 0 Å². The summed E-state index contributed by atoms with van der Waals surface area (Å²) in [4.78, 5) is 13.4. The molecule has 0 spiro atoms. The minimum Gasteiger partial charge on any atom is -0.346 e. The van der Waals surface area contributed by atoms with Gasteiger partial charge in [0.15, 0.2) is 0 Å². The first-order valence-corrected chi connectivity index (χ1v) is 11.1. The topological polar surface area (TPSA) is 66.5 Å². The van der Waals surface area contributed by atoms with Gasteiger partial charge in [0.05, 0.1) is 11.4 Å². The van der Waals surface area contributed by atoms with E-state index < -0.39 is 10.0 Å². The maximum absolute atomic E-state index is 12.7. The lowest BCUT2D eigenvalue weighted by Crippen LogP contribution is -2.31. The molecule has 130 valence electrons. The maximum Gasteiger partial charge on any atom is 0.261 e. The van der Waals surface area contributed by atoms with Gasteiger partial charge in [-0.3, -0.25) is 4.79 Å². The van der Waals surface area contributed by atoms with Crippen LogP contribution >= 0.6 is 22.7 Å². The van der Waals surface area contributed by atoms with Crippen LogP contribution in [0.15, 0.2) is 33.9 Å². The quantitative estimate of drug-likeness (QED) is 0.860. The summed E-state index contributed by atoms with van der Waals surface area (Å²) >= 11 is 2.62. The highest BCUT2D eigenvalue weighted by Crippen LogP contribution is 2.26.